The van der Waals surface area contributed by atoms with Crippen molar-refractivity contribution in [3.05, 3.63) is 138 Å². The van der Waals surface area contributed by atoms with Gasteiger partial charge in [0, 0.05) is 23.1 Å². The third-order valence-electron chi connectivity index (χ3n) is 5.83. The van der Waals surface area contributed by atoms with Crippen molar-refractivity contribution in [1.82, 2.24) is 0 Å². The van der Waals surface area contributed by atoms with E-state index in [4.69, 9.17) is 18.9 Å². The van der Waals surface area contributed by atoms with Crippen molar-refractivity contribution in [3.63, 3.8) is 0 Å². The number of carbonyl (C=O) groups excluding carboxylic acids is 2. The molecule has 0 saturated heterocycles. The van der Waals surface area contributed by atoms with Crippen LogP contribution in [0, 0.1) is 0 Å². The third kappa shape index (κ3) is 7.48. The SMILES string of the molecule is C=C(C)C(=O)OCc1ccc(Oc2ccccc2)c(OC(=O)C(=C)C)c1Cc1ccc(Oc2ccccc2)cc1. The van der Waals surface area contributed by atoms with Gasteiger partial charge in [0.05, 0.1) is 0 Å². The van der Waals surface area contributed by atoms with E-state index in [0.717, 1.165) is 11.3 Å². The standard InChI is InChI=1S/C34H30O6/c1-23(2)33(35)37-22-26-17-20-31(39-28-13-9-6-10-14-28)32(40-34(36)24(3)4)30(26)21-25-15-18-29(19-16-25)38-27-11-7-5-8-12-27/h5-20H,1,3,21-22H2,2,4H3. The Morgan fingerprint density at radius 2 is 1.20 bits per heavy atom. The van der Waals surface area contributed by atoms with Crippen molar-refractivity contribution in [3.8, 4) is 28.7 Å². The van der Waals surface area contributed by atoms with Crippen molar-refractivity contribution in [2.45, 2.75) is 26.9 Å². The minimum absolute atomic E-state index is 0.0422. The second-order valence-electron chi connectivity index (χ2n) is 9.21. The Morgan fingerprint density at radius 1 is 0.650 bits per heavy atom. The highest BCUT2D eigenvalue weighted by molar-refractivity contribution is 5.89. The van der Waals surface area contributed by atoms with Crippen molar-refractivity contribution in [1.29, 1.82) is 0 Å². The predicted molar refractivity (Wildman–Crippen MR) is 154 cm³/mol. The Balaban J connectivity index is 1.72. The van der Waals surface area contributed by atoms with Gasteiger partial charge >= 0.3 is 11.9 Å². The second-order valence-corrected chi connectivity index (χ2v) is 9.21. The maximum Gasteiger partial charge on any atom is 0.338 e. The molecule has 4 rings (SSSR count). The molecule has 0 fully saturated rings. The molecule has 4 aromatic carbocycles. The molecule has 4 aromatic rings. The maximum atomic E-state index is 12.7. The quantitative estimate of drug-likeness (QED) is 0.110. The zero-order valence-corrected chi connectivity index (χ0v) is 22.5. The number of ether oxygens (including phenoxy) is 4. The monoisotopic (exact) mass is 534 g/mol. The molecular weight excluding hydrogens is 504 g/mol. The Hall–Kier alpha value is -5.10. The molecule has 0 aliphatic heterocycles. The summed E-state index contributed by atoms with van der Waals surface area (Å²) in [6.07, 6.45) is 0.358. The first kappa shape index (κ1) is 27.9. The van der Waals surface area contributed by atoms with Crippen LogP contribution in [0.25, 0.3) is 0 Å². The summed E-state index contributed by atoms with van der Waals surface area (Å²) in [4.78, 5) is 24.9. The van der Waals surface area contributed by atoms with Crippen LogP contribution in [0.2, 0.25) is 0 Å². The van der Waals surface area contributed by atoms with Gasteiger partial charge in [-0.25, -0.2) is 9.59 Å². The molecule has 0 radical (unpaired) electrons. The van der Waals surface area contributed by atoms with Gasteiger partial charge in [0.1, 0.15) is 23.9 Å². The van der Waals surface area contributed by atoms with E-state index in [1.807, 2.05) is 72.8 Å². The topological polar surface area (TPSA) is 71.1 Å². The normalized spacial score (nSPS) is 10.3. The van der Waals surface area contributed by atoms with E-state index in [0.29, 0.717) is 34.8 Å². The van der Waals surface area contributed by atoms with Gasteiger partial charge in [-0.05, 0) is 67.4 Å². The van der Waals surface area contributed by atoms with Gasteiger partial charge in [-0.15, -0.1) is 0 Å². The summed E-state index contributed by atoms with van der Waals surface area (Å²) in [6, 6.07) is 29.8. The number of benzene rings is 4. The van der Waals surface area contributed by atoms with Gasteiger partial charge in [-0.3, -0.25) is 0 Å². The molecule has 0 unspecified atom stereocenters. The molecule has 0 spiro atoms. The summed E-state index contributed by atoms with van der Waals surface area (Å²) < 4.78 is 23.3. The summed E-state index contributed by atoms with van der Waals surface area (Å²) in [5.74, 6) is 1.45. The van der Waals surface area contributed by atoms with Gasteiger partial charge in [-0.1, -0.05) is 67.8 Å². The van der Waals surface area contributed by atoms with E-state index in [2.05, 4.69) is 13.2 Å². The van der Waals surface area contributed by atoms with Crippen LogP contribution in [0.5, 0.6) is 28.7 Å². The van der Waals surface area contributed by atoms with E-state index in [9.17, 15) is 9.59 Å². The molecule has 0 aliphatic carbocycles. The molecular formula is C34H30O6. The van der Waals surface area contributed by atoms with Crippen LogP contribution in [0.15, 0.2) is 121 Å². The summed E-state index contributed by atoms with van der Waals surface area (Å²) in [5.41, 5.74) is 2.72. The minimum Gasteiger partial charge on any atom is -0.457 e. The number of esters is 2. The van der Waals surface area contributed by atoms with E-state index in [1.54, 1.807) is 38.1 Å². The van der Waals surface area contributed by atoms with E-state index in [1.165, 1.54) is 0 Å². The van der Waals surface area contributed by atoms with Gasteiger partial charge < -0.3 is 18.9 Å². The smallest absolute Gasteiger partial charge is 0.338 e. The highest BCUT2D eigenvalue weighted by atomic mass is 16.6. The van der Waals surface area contributed by atoms with Crippen LogP contribution >= 0.6 is 0 Å². The molecule has 0 atom stereocenters. The lowest BCUT2D eigenvalue weighted by Gasteiger charge is -2.19. The average molecular weight is 535 g/mol. The van der Waals surface area contributed by atoms with Crippen LogP contribution < -0.4 is 14.2 Å². The van der Waals surface area contributed by atoms with Crippen molar-refractivity contribution >= 4 is 11.9 Å². The lowest BCUT2D eigenvalue weighted by atomic mass is 9.98. The highest BCUT2D eigenvalue weighted by Crippen LogP contribution is 2.39. The van der Waals surface area contributed by atoms with Crippen molar-refractivity contribution < 1.29 is 28.5 Å². The van der Waals surface area contributed by atoms with Crippen LogP contribution in [-0.4, -0.2) is 11.9 Å². The Labute approximate surface area is 234 Å². The fraction of sp³-hybridized carbons (Fsp3) is 0.118. The summed E-state index contributed by atoms with van der Waals surface area (Å²) in [7, 11) is 0. The zero-order valence-electron chi connectivity index (χ0n) is 22.5. The lowest BCUT2D eigenvalue weighted by Crippen LogP contribution is -2.13. The Morgan fingerprint density at radius 3 is 1.77 bits per heavy atom. The number of rotatable bonds is 11. The third-order valence-corrected chi connectivity index (χ3v) is 5.83. The molecule has 0 aliphatic rings. The van der Waals surface area contributed by atoms with Gasteiger partial charge in [0.25, 0.3) is 0 Å². The Kier molecular flexibility index (Phi) is 9.15. The largest absolute Gasteiger partial charge is 0.457 e. The average Bonchev–Trinajstić information content (AvgIpc) is 2.95. The Bertz CT molecular complexity index is 1510. The van der Waals surface area contributed by atoms with E-state index in [-0.39, 0.29) is 23.5 Å². The number of carbonyl (C=O) groups is 2. The molecule has 0 saturated carbocycles. The molecule has 0 heterocycles. The van der Waals surface area contributed by atoms with Gasteiger partial charge in [-0.2, -0.15) is 0 Å². The summed E-state index contributed by atoms with van der Waals surface area (Å²) in [6.45, 7) is 10.5. The predicted octanol–water partition coefficient (Wildman–Crippen LogP) is 7.96. The fourth-order valence-corrected chi connectivity index (χ4v) is 3.73. The first-order valence-electron chi connectivity index (χ1n) is 12.7. The molecule has 6 heteroatoms. The number of hydrogen-bond acceptors (Lipinski definition) is 6. The molecule has 6 nitrogen and oxygen atoms in total. The first-order valence-corrected chi connectivity index (χ1v) is 12.7. The minimum atomic E-state index is -0.596. The molecule has 0 bridgehead atoms. The van der Waals surface area contributed by atoms with E-state index >= 15 is 0 Å². The van der Waals surface area contributed by atoms with Gasteiger partial charge in [0.2, 0.25) is 0 Å². The van der Waals surface area contributed by atoms with Crippen molar-refractivity contribution in [2.24, 2.45) is 0 Å². The van der Waals surface area contributed by atoms with E-state index < -0.39 is 11.9 Å². The zero-order chi connectivity index (χ0) is 28.5. The summed E-state index contributed by atoms with van der Waals surface area (Å²) in [5, 5.41) is 0. The number of hydrogen-bond donors (Lipinski definition) is 0. The molecule has 0 amide bonds. The highest BCUT2D eigenvalue weighted by Gasteiger charge is 2.21. The maximum absolute atomic E-state index is 12.7. The molecule has 0 N–H and O–H groups in total. The molecule has 40 heavy (non-hydrogen) atoms. The molecule has 202 valence electrons. The van der Waals surface area contributed by atoms with Crippen LogP contribution in [0.3, 0.4) is 0 Å². The van der Waals surface area contributed by atoms with Crippen LogP contribution in [0.4, 0.5) is 0 Å². The second kappa shape index (κ2) is 13.1. The fourth-order valence-electron chi connectivity index (χ4n) is 3.73. The molecule has 0 aromatic heterocycles. The van der Waals surface area contributed by atoms with Crippen LogP contribution in [-0.2, 0) is 27.4 Å². The lowest BCUT2D eigenvalue weighted by molar-refractivity contribution is -0.140. The van der Waals surface area contributed by atoms with Crippen molar-refractivity contribution in [2.75, 3.05) is 0 Å². The first-order chi connectivity index (χ1) is 19.3. The van der Waals surface area contributed by atoms with Gasteiger partial charge in [0.15, 0.2) is 11.5 Å². The van der Waals surface area contributed by atoms with Crippen LogP contribution in [0.1, 0.15) is 30.5 Å². The summed E-state index contributed by atoms with van der Waals surface area (Å²) >= 11 is 0. The number of para-hydroxylation sites is 2.